The fraction of sp³-hybridized carbons (Fsp3) is 0.222. The molecule has 0 heterocycles. The van der Waals surface area contributed by atoms with Crippen molar-refractivity contribution in [3.05, 3.63) is 59.7 Å². The molecule has 0 radical (unpaired) electrons. The molecular formula is C18H21NO. The van der Waals surface area contributed by atoms with E-state index in [1.165, 1.54) is 16.8 Å². The smallest absolute Gasteiger partial charge is 0.119 e. The Hall–Kier alpha value is -2.22. The predicted octanol–water partition coefficient (Wildman–Crippen LogP) is 4.32. The Morgan fingerprint density at radius 2 is 1.35 bits per heavy atom. The van der Waals surface area contributed by atoms with E-state index >= 15 is 0 Å². The van der Waals surface area contributed by atoms with E-state index in [1.807, 2.05) is 33.2 Å². The Balaban J connectivity index is 2.04. The van der Waals surface area contributed by atoms with Gasteiger partial charge in [-0.05, 0) is 42.3 Å². The van der Waals surface area contributed by atoms with Crippen LogP contribution in [0.1, 0.15) is 18.1 Å². The quantitative estimate of drug-likeness (QED) is 0.748. The number of ether oxygens (including phenoxy) is 1. The van der Waals surface area contributed by atoms with Gasteiger partial charge in [-0.1, -0.05) is 36.4 Å². The Morgan fingerprint density at radius 1 is 0.850 bits per heavy atom. The van der Waals surface area contributed by atoms with Gasteiger partial charge < -0.3 is 9.64 Å². The van der Waals surface area contributed by atoms with E-state index in [0.29, 0.717) is 6.61 Å². The normalized spacial score (nSPS) is 10.8. The topological polar surface area (TPSA) is 12.5 Å². The molecule has 0 fully saturated rings. The van der Waals surface area contributed by atoms with E-state index < -0.39 is 0 Å². The molecule has 0 bridgehead atoms. The highest BCUT2D eigenvalue weighted by atomic mass is 16.5. The third-order valence-electron chi connectivity index (χ3n) is 3.07. The van der Waals surface area contributed by atoms with Crippen molar-refractivity contribution in [1.29, 1.82) is 0 Å². The number of rotatable bonds is 5. The van der Waals surface area contributed by atoms with Crippen LogP contribution < -0.4 is 9.64 Å². The first kappa shape index (κ1) is 14.2. The fourth-order valence-electron chi connectivity index (χ4n) is 1.92. The van der Waals surface area contributed by atoms with Gasteiger partial charge in [-0.15, -0.1) is 0 Å². The van der Waals surface area contributed by atoms with Crippen molar-refractivity contribution in [2.75, 3.05) is 25.6 Å². The van der Waals surface area contributed by atoms with Gasteiger partial charge in [0.2, 0.25) is 0 Å². The standard InChI is InChI=1S/C18H21NO/c1-4-20-18-13-9-16(10-14-18)6-5-15-7-11-17(12-8-15)19(2)3/h5-14H,4H2,1-3H3. The molecule has 0 atom stereocenters. The largest absolute Gasteiger partial charge is 0.494 e. The molecular weight excluding hydrogens is 246 g/mol. The number of anilines is 1. The lowest BCUT2D eigenvalue weighted by molar-refractivity contribution is 0.340. The summed E-state index contributed by atoms with van der Waals surface area (Å²) in [6, 6.07) is 16.6. The third kappa shape index (κ3) is 3.89. The number of hydrogen-bond donors (Lipinski definition) is 0. The van der Waals surface area contributed by atoms with Gasteiger partial charge in [-0.3, -0.25) is 0 Å². The molecule has 20 heavy (non-hydrogen) atoms. The first-order valence-electron chi connectivity index (χ1n) is 6.87. The molecule has 0 unspecified atom stereocenters. The molecule has 0 aliphatic heterocycles. The molecule has 0 amide bonds. The van der Waals surface area contributed by atoms with Crippen molar-refractivity contribution in [1.82, 2.24) is 0 Å². The summed E-state index contributed by atoms with van der Waals surface area (Å²) >= 11 is 0. The summed E-state index contributed by atoms with van der Waals surface area (Å²) in [6.07, 6.45) is 4.23. The van der Waals surface area contributed by atoms with Crippen LogP contribution in [-0.2, 0) is 0 Å². The highest BCUT2D eigenvalue weighted by molar-refractivity contribution is 5.70. The van der Waals surface area contributed by atoms with Crippen LogP contribution >= 0.6 is 0 Å². The highest BCUT2D eigenvalue weighted by Crippen LogP contribution is 2.16. The van der Waals surface area contributed by atoms with Gasteiger partial charge in [0.15, 0.2) is 0 Å². The summed E-state index contributed by atoms with van der Waals surface area (Å²) in [5, 5.41) is 0. The van der Waals surface area contributed by atoms with E-state index in [-0.39, 0.29) is 0 Å². The van der Waals surface area contributed by atoms with Gasteiger partial charge in [0.1, 0.15) is 5.75 Å². The summed E-state index contributed by atoms with van der Waals surface area (Å²) in [5.74, 6) is 0.917. The predicted molar refractivity (Wildman–Crippen MR) is 87.3 cm³/mol. The molecule has 0 saturated carbocycles. The summed E-state index contributed by atoms with van der Waals surface area (Å²) in [7, 11) is 4.09. The lowest BCUT2D eigenvalue weighted by Crippen LogP contribution is -2.07. The Bertz CT molecular complexity index is 553. The van der Waals surface area contributed by atoms with Crippen molar-refractivity contribution < 1.29 is 4.74 Å². The summed E-state index contributed by atoms with van der Waals surface area (Å²) < 4.78 is 5.43. The van der Waals surface area contributed by atoms with Gasteiger partial charge in [0.25, 0.3) is 0 Å². The summed E-state index contributed by atoms with van der Waals surface area (Å²) in [5.41, 5.74) is 3.58. The molecule has 0 saturated heterocycles. The second-order valence-corrected chi connectivity index (χ2v) is 4.82. The van der Waals surface area contributed by atoms with Crippen LogP contribution in [0.5, 0.6) is 5.75 Å². The molecule has 2 aromatic rings. The third-order valence-corrected chi connectivity index (χ3v) is 3.07. The molecule has 0 aliphatic carbocycles. The van der Waals surface area contributed by atoms with Crippen molar-refractivity contribution in [3.8, 4) is 5.75 Å². The van der Waals surface area contributed by atoms with Crippen molar-refractivity contribution in [3.63, 3.8) is 0 Å². The zero-order chi connectivity index (χ0) is 14.4. The van der Waals surface area contributed by atoms with Crippen LogP contribution in [0.15, 0.2) is 48.5 Å². The van der Waals surface area contributed by atoms with E-state index in [0.717, 1.165) is 5.75 Å². The van der Waals surface area contributed by atoms with Crippen LogP contribution in [0.2, 0.25) is 0 Å². The van der Waals surface area contributed by atoms with Crippen LogP contribution in [0.25, 0.3) is 12.2 Å². The Kier molecular flexibility index (Phi) is 4.83. The van der Waals surface area contributed by atoms with E-state index in [2.05, 4.69) is 53.5 Å². The molecule has 0 aromatic heterocycles. The van der Waals surface area contributed by atoms with Gasteiger partial charge in [0, 0.05) is 19.8 Å². The first-order valence-corrected chi connectivity index (χ1v) is 6.87. The minimum atomic E-state index is 0.702. The van der Waals surface area contributed by atoms with Crippen LogP contribution in [0.3, 0.4) is 0 Å². The molecule has 2 rings (SSSR count). The SMILES string of the molecule is CCOc1ccc(C=Cc2ccc(N(C)C)cc2)cc1. The molecule has 2 heteroatoms. The van der Waals surface area contributed by atoms with Gasteiger partial charge in [-0.25, -0.2) is 0 Å². The monoisotopic (exact) mass is 267 g/mol. The van der Waals surface area contributed by atoms with Crippen molar-refractivity contribution in [2.24, 2.45) is 0 Å². The molecule has 104 valence electrons. The maximum Gasteiger partial charge on any atom is 0.119 e. The number of nitrogens with zero attached hydrogens (tertiary/aromatic N) is 1. The van der Waals surface area contributed by atoms with Gasteiger partial charge in [-0.2, -0.15) is 0 Å². The highest BCUT2D eigenvalue weighted by Gasteiger charge is 1.94. The Labute approximate surface area is 121 Å². The summed E-state index contributed by atoms with van der Waals surface area (Å²) in [6.45, 7) is 2.69. The minimum Gasteiger partial charge on any atom is -0.494 e. The zero-order valence-electron chi connectivity index (χ0n) is 12.3. The lowest BCUT2D eigenvalue weighted by Gasteiger charge is -2.11. The van der Waals surface area contributed by atoms with Gasteiger partial charge in [0.05, 0.1) is 6.61 Å². The average Bonchev–Trinajstić information content (AvgIpc) is 2.47. The lowest BCUT2D eigenvalue weighted by atomic mass is 10.1. The molecule has 2 nitrogen and oxygen atoms in total. The van der Waals surface area contributed by atoms with E-state index in [1.54, 1.807) is 0 Å². The van der Waals surface area contributed by atoms with Gasteiger partial charge >= 0.3 is 0 Å². The second kappa shape index (κ2) is 6.80. The van der Waals surface area contributed by atoms with Crippen LogP contribution in [0, 0.1) is 0 Å². The van der Waals surface area contributed by atoms with Crippen molar-refractivity contribution in [2.45, 2.75) is 6.92 Å². The molecule has 2 aromatic carbocycles. The maximum absolute atomic E-state index is 5.43. The first-order chi connectivity index (χ1) is 9.69. The zero-order valence-corrected chi connectivity index (χ0v) is 12.3. The Morgan fingerprint density at radius 3 is 1.80 bits per heavy atom. The molecule has 0 spiro atoms. The fourth-order valence-corrected chi connectivity index (χ4v) is 1.92. The molecule has 0 aliphatic rings. The minimum absolute atomic E-state index is 0.702. The summed E-state index contributed by atoms with van der Waals surface area (Å²) in [4.78, 5) is 2.10. The molecule has 0 N–H and O–H groups in total. The average molecular weight is 267 g/mol. The van der Waals surface area contributed by atoms with Crippen LogP contribution in [0.4, 0.5) is 5.69 Å². The van der Waals surface area contributed by atoms with E-state index in [9.17, 15) is 0 Å². The number of hydrogen-bond acceptors (Lipinski definition) is 2. The van der Waals surface area contributed by atoms with Crippen LogP contribution in [-0.4, -0.2) is 20.7 Å². The maximum atomic E-state index is 5.43. The number of benzene rings is 2. The second-order valence-electron chi connectivity index (χ2n) is 4.82. The van der Waals surface area contributed by atoms with Crippen molar-refractivity contribution >= 4 is 17.8 Å². The van der Waals surface area contributed by atoms with E-state index in [4.69, 9.17) is 4.74 Å².